The van der Waals surface area contributed by atoms with Crippen LogP contribution in [0.15, 0.2) is 24.3 Å². The van der Waals surface area contributed by atoms with E-state index in [4.69, 9.17) is 4.18 Å². The molecule has 0 saturated carbocycles. The third kappa shape index (κ3) is 5.06. The number of benzene rings is 1. The number of hydrogen-bond acceptors (Lipinski definition) is 3. The SMILES string of the molecule is CC[C@H](C)[NH2+]Cc1ccc(OS(=O)(=O)CC)cc1. The van der Waals surface area contributed by atoms with Crippen molar-refractivity contribution in [3.8, 4) is 5.75 Å². The van der Waals surface area contributed by atoms with Gasteiger partial charge < -0.3 is 9.50 Å². The molecular weight excluding hydrogens is 250 g/mol. The molecule has 4 nitrogen and oxygen atoms in total. The normalized spacial score (nSPS) is 13.3. The van der Waals surface area contributed by atoms with Gasteiger partial charge in [0.15, 0.2) is 0 Å². The van der Waals surface area contributed by atoms with Crippen molar-refractivity contribution in [3.63, 3.8) is 0 Å². The molecule has 2 N–H and O–H groups in total. The first-order valence-corrected chi connectivity index (χ1v) is 7.89. The monoisotopic (exact) mass is 272 g/mol. The van der Waals surface area contributed by atoms with E-state index in [-0.39, 0.29) is 5.75 Å². The van der Waals surface area contributed by atoms with Gasteiger partial charge in [0.25, 0.3) is 0 Å². The molecule has 1 aromatic rings. The maximum atomic E-state index is 11.3. The maximum Gasteiger partial charge on any atom is 0.308 e. The third-order valence-electron chi connectivity index (χ3n) is 2.90. The summed E-state index contributed by atoms with van der Waals surface area (Å²) in [7, 11) is -3.42. The van der Waals surface area contributed by atoms with Gasteiger partial charge in [0.05, 0.1) is 11.8 Å². The predicted octanol–water partition coefficient (Wildman–Crippen LogP) is 1.28. The molecule has 0 spiro atoms. The highest BCUT2D eigenvalue weighted by molar-refractivity contribution is 7.87. The first-order chi connectivity index (χ1) is 8.46. The highest BCUT2D eigenvalue weighted by Crippen LogP contribution is 2.14. The van der Waals surface area contributed by atoms with E-state index in [1.807, 2.05) is 12.1 Å². The van der Waals surface area contributed by atoms with Gasteiger partial charge in [-0.3, -0.25) is 0 Å². The van der Waals surface area contributed by atoms with E-state index >= 15 is 0 Å². The van der Waals surface area contributed by atoms with Crippen molar-refractivity contribution in [1.82, 2.24) is 0 Å². The fourth-order valence-corrected chi connectivity index (χ4v) is 1.91. The van der Waals surface area contributed by atoms with E-state index in [2.05, 4.69) is 19.2 Å². The van der Waals surface area contributed by atoms with Crippen molar-refractivity contribution in [2.24, 2.45) is 0 Å². The topological polar surface area (TPSA) is 60.0 Å². The van der Waals surface area contributed by atoms with E-state index in [0.29, 0.717) is 11.8 Å². The molecule has 102 valence electrons. The van der Waals surface area contributed by atoms with Crippen LogP contribution in [0.2, 0.25) is 0 Å². The highest BCUT2D eigenvalue weighted by atomic mass is 32.2. The summed E-state index contributed by atoms with van der Waals surface area (Å²) in [5.41, 5.74) is 1.16. The molecule has 0 bridgehead atoms. The van der Waals surface area contributed by atoms with Gasteiger partial charge in [0, 0.05) is 5.56 Å². The van der Waals surface area contributed by atoms with Gasteiger partial charge in [-0.25, -0.2) is 0 Å². The Labute approximate surface area is 109 Å². The number of quaternary nitrogens is 1. The minimum Gasteiger partial charge on any atom is -0.382 e. The van der Waals surface area contributed by atoms with E-state index < -0.39 is 10.1 Å². The van der Waals surface area contributed by atoms with Crippen LogP contribution >= 0.6 is 0 Å². The molecule has 0 aliphatic carbocycles. The molecule has 0 fully saturated rings. The van der Waals surface area contributed by atoms with Crippen LogP contribution in [0.4, 0.5) is 0 Å². The van der Waals surface area contributed by atoms with Crippen molar-refractivity contribution < 1.29 is 17.9 Å². The molecule has 1 atom stereocenters. The van der Waals surface area contributed by atoms with Gasteiger partial charge in [0.2, 0.25) is 0 Å². The van der Waals surface area contributed by atoms with Gasteiger partial charge in [0.1, 0.15) is 12.3 Å². The second-order valence-electron chi connectivity index (χ2n) is 4.40. The average molecular weight is 272 g/mol. The molecule has 0 saturated heterocycles. The molecule has 18 heavy (non-hydrogen) atoms. The Morgan fingerprint density at radius 2 is 1.83 bits per heavy atom. The van der Waals surface area contributed by atoms with Crippen LogP contribution in [0.5, 0.6) is 5.75 Å². The molecule has 0 amide bonds. The third-order valence-corrected chi connectivity index (χ3v) is 4.05. The molecule has 5 heteroatoms. The summed E-state index contributed by atoms with van der Waals surface area (Å²) in [5, 5.41) is 2.26. The summed E-state index contributed by atoms with van der Waals surface area (Å²) in [6.45, 7) is 6.81. The maximum absolute atomic E-state index is 11.3. The Bertz CT molecular complexity index is 454. The molecule has 0 radical (unpaired) electrons. The molecule has 0 heterocycles. The Balaban J connectivity index is 2.58. The standard InChI is InChI=1S/C13H21NO3S/c1-4-11(3)14-10-12-6-8-13(9-7-12)17-18(15,16)5-2/h6-9,11,14H,4-5,10H2,1-3H3/p+1/t11-/m0/s1. The van der Waals surface area contributed by atoms with Crippen molar-refractivity contribution >= 4 is 10.1 Å². The molecule has 0 aliphatic heterocycles. The van der Waals surface area contributed by atoms with Gasteiger partial charge in [-0.2, -0.15) is 8.42 Å². The zero-order chi connectivity index (χ0) is 13.6. The molecule has 1 aromatic carbocycles. The predicted molar refractivity (Wildman–Crippen MR) is 71.9 cm³/mol. The van der Waals surface area contributed by atoms with Crippen LogP contribution in [0.3, 0.4) is 0 Å². The average Bonchev–Trinajstić information content (AvgIpc) is 2.37. The number of rotatable bonds is 7. The lowest BCUT2D eigenvalue weighted by Crippen LogP contribution is -2.87. The van der Waals surface area contributed by atoms with Crippen LogP contribution < -0.4 is 9.50 Å². The summed E-state index contributed by atoms with van der Waals surface area (Å²) >= 11 is 0. The van der Waals surface area contributed by atoms with Gasteiger partial charge in [-0.05, 0) is 44.5 Å². The van der Waals surface area contributed by atoms with Gasteiger partial charge in [-0.1, -0.05) is 6.92 Å². The summed E-state index contributed by atoms with van der Waals surface area (Å²) in [5.74, 6) is 0.362. The fourth-order valence-electron chi connectivity index (χ4n) is 1.39. The second kappa shape index (κ2) is 6.75. The zero-order valence-electron chi connectivity index (χ0n) is 11.2. The van der Waals surface area contributed by atoms with Crippen LogP contribution in [-0.2, 0) is 16.7 Å². The number of nitrogens with two attached hydrogens (primary N) is 1. The van der Waals surface area contributed by atoms with E-state index in [1.54, 1.807) is 19.1 Å². The second-order valence-corrected chi connectivity index (χ2v) is 6.26. The zero-order valence-corrected chi connectivity index (χ0v) is 12.0. The molecular formula is C13H22NO3S+. The summed E-state index contributed by atoms with van der Waals surface area (Å²) < 4.78 is 27.5. The summed E-state index contributed by atoms with van der Waals surface area (Å²) in [6.07, 6.45) is 1.13. The van der Waals surface area contributed by atoms with Crippen molar-refractivity contribution in [3.05, 3.63) is 29.8 Å². The van der Waals surface area contributed by atoms with Crippen molar-refractivity contribution in [2.75, 3.05) is 5.75 Å². The van der Waals surface area contributed by atoms with E-state index in [0.717, 1.165) is 18.5 Å². The van der Waals surface area contributed by atoms with Crippen LogP contribution in [0, 0.1) is 0 Å². The Morgan fingerprint density at radius 1 is 1.22 bits per heavy atom. The molecule has 0 aromatic heterocycles. The van der Waals surface area contributed by atoms with E-state index in [1.165, 1.54) is 0 Å². The van der Waals surface area contributed by atoms with Gasteiger partial charge >= 0.3 is 10.1 Å². The smallest absolute Gasteiger partial charge is 0.308 e. The fraction of sp³-hybridized carbons (Fsp3) is 0.538. The summed E-state index contributed by atoms with van der Waals surface area (Å²) in [4.78, 5) is 0. The Kier molecular flexibility index (Phi) is 5.62. The first kappa shape index (κ1) is 15.0. The Morgan fingerprint density at radius 3 is 2.33 bits per heavy atom. The molecule has 0 unspecified atom stereocenters. The molecule has 0 aliphatic rings. The quantitative estimate of drug-likeness (QED) is 0.761. The number of hydrogen-bond donors (Lipinski definition) is 1. The van der Waals surface area contributed by atoms with Crippen LogP contribution in [0.1, 0.15) is 32.8 Å². The molecule has 1 rings (SSSR count). The van der Waals surface area contributed by atoms with Gasteiger partial charge in [-0.15, -0.1) is 0 Å². The van der Waals surface area contributed by atoms with E-state index in [9.17, 15) is 8.42 Å². The van der Waals surface area contributed by atoms with Crippen molar-refractivity contribution in [2.45, 2.75) is 39.8 Å². The largest absolute Gasteiger partial charge is 0.382 e. The lowest BCUT2D eigenvalue weighted by molar-refractivity contribution is -0.701. The van der Waals surface area contributed by atoms with Crippen LogP contribution in [-0.4, -0.2) is 20.2 Å². The highest BCUT2D eigenvalue weighted by Gasteiger charge is 2.09. The lowest BCUT2D eigenvalue weighted by Gasteiger charge is -2.09. The minimum absolute atomic E-state index is 0.0173. The summed E-state index contributed by atoms with van der Waals surface area (Å²) in [6, 6.07) is 7.81. The van der Waals surface area contributed by atoms with Crippen molar-refractivity contribution in [1.29, 1.82) is 0 Å². The lowest BCUT2D eigenvalue weighted by atomic mass is 10.2. The Hall–Kier alpha value is -1.07. The first-order valence-electron chi connectivity index (χ1n) is 6.31. The van der Waals surface area contributed by atoms with Crippen LogP contribution in [0.25, 0.3) is 0 Å². The minimum atomic E-state index is -3.42.